The number of nitrogens with zero attached hydrogens (tertiary/aromatic N) is 1. The maximum atomic E-state index is 5.73. The number of guanidine groups is 1. The third-order valence-electron chi connectivity index (χ3n) is 2.01. The Bertz CT molecular complexity index is 354. The standard InChI is InChI=1S/C11H18BrN3OS/c1-2-16-7-3-6-14-11(13)15-8-9-4-5-10(12)17-9/h4-5H,2-3,6-8H2,1H3,(H3,13,14,15). The van der Waals surface area contributed by atoms with Crippen molar-refractivity contribution in [3.05, 3.63) is 20.8 Å². The number of nitrogens with one attached hydrogen (secondary N) is 1. The normalized spacial score (nSPS) is 11.8. The van der Waals surface area contributed by atoms with E-state index in [-0.39, 0.29) is 0 Å². The molecule has 1 aromatic heterocycles. The van der Waals surface area contributed by atoms with Crippen molar-refractivity contribution >= 4 is 33.2 Å². The Morgan fingerprint density at radius 2 is 2.41 bits per heavy atom. The van der Waals surface area contributed by atoms with Gasteiger partial charge in [-0.25, -0.2) is 4.99 Å². The van der Waals surface area contributed by atoms with Gasteiger partial charge in [-0.3, -0.25) is 0 Å². The molecule has 0 aliphatic heterocycles. The minimum absolute atomic E-state index is 0.492. The maximum Gasteiger partial charge on any atom is 0.188 e. The lowest BCUT2D eigenvalue weighted by atomic mass is 10.4. The van der Waals surface area contributed by atoms with Gasteiger partial charge in [-0.2, -0.15) is 0 Å². The Morgan fingerprint density at radius 3 is 3.06 bits per heavy atom. The molecule has 0 spiro atoms. The highest BCUT2D eigenvalue weighted by atomic mass is 79.9. The van der Waals surface area contributed by atoms with Crippen molar-refractivity contribution in [3.8, 4) is 0 Å². The second-order valence-electron chi connectivity index (χ2n) is 3.38. The van der Waals surface area contributed by atoms with Gasteiger partial charge in [-0.15, -0.1) is 11.3 Å². The summed E-state index contributed by atoms with van der Waals surface area (Å²) in [5.74, 6) is 0.492. The van der Waals surface area contributed by atoms with Gasteiger partial charge in [0.05, 0.1) is 10.3 Å². The highest BCUT2D eigenvalue weighted by molar-refractivity contribution is 9.11. The molecule has 4 nitrogen and oxygen atoms in total. The molecule has 0 amide bonds. The van der Waals surface area contributed by atoms with E-state index in [0.29, 0.717) is 12.5 Å². The van der Waals surface area contributed by atoms with Crippen LogP contribution in [0.1, 0.15) is 18.2 Å². The molecule has 96 valence electrons. The fourth-order valence-electron chi connectivity index (χ4n) is 1.19. The number of halogens is 1. The van der Waals surface area contributed by atoms with Crippen LogP contribution in [0.25, 0.3) is 0 Å². The van der Waals surface area contributed by atoms with Crippen molar-refractivity contribution in [3.63, 3.8) is 0 Å². The summed E-state index contributed by atoms with van der Waals surface area (Å²) >= 11 is 5.09. The molecular formula is C11H18BrN3OS. The van der Waals surface area contributed by atoms with Crippen LogP contribution in [0.3, 0.4) is 0 Å². The molecule has 1 rings (SSSR count). The summed E-state index contributed by atoms with van der Waals surface area (Å²) in [5.41, 5.74) is 5.73. The molecule has 6 heteroatoms. The van der Waals surface area contributed by atoms with E-state index in [1.807, 2.05) is 19.1 Å². The topological polar surface area (TPSA) is 59.6 Å². The van der Waals surface area contributed by atoms with E-state index in [4.69, 9.17) is 10.5 Å². The summed E-state index contributed by atoms with van der Waals surface area (Å²) in [7, 11) is 0. The van der Waals surface area contributed by atoms with Gasteiger partial charge in [0.2, 0.25) is 0 Å². The van der Waals surface area contributed by atoms with Gasteiger partial charge in [0, 0.05) is 24.6 Å². The second-order valence-corrected chi connectivity index (χ2v) is 5.93. The minimum Gasteiger partial charge on any atom is -0.382 e. The van der Waals surface area contributed by atoms with Crippen LogP contribution in [-0.2, 0) is 11.3 Å². The molecule has 0 bridgehead atoms. The van der Waals surface area contributed by atoms with Crippen LogP contribution in [0.5, 0.6) is 0 Å². The number of rotatable bonds is 7. The Hall–Kier alpha value is -0.590. The van der Waals surface area contributed by atoms with Gasteiger partial charge in [-0.1, -0.05) is 0 Å². The van der Waals surface area contributed by atoms with Gasteiger partial charge < -0.3 is 15.8 Å². The number of aliphatic imine (C=N–C) groups is 1. The molecule has 3 N–H and O–H groups in total. The van der Waals surface area contributed by atoms with Crippen molar-refractivity contribution in [2.75, 3.05) is 19.8 Å². The highest BCUT2D eigenvalue weighted by Crippen LogP contribution is 2.22. The Labute approximate surface area is 114 Å². The fraction of sp³-hybridized carbons (Fsp3) is 0.545. The summed E-state index contributed by atoms with van der Waals surface area (Å²) in [6, 6.07) is 4.06. The van der Waals surface area contributed by atoms with Gasteiger partial charge in [-0.05, 0) is 41.4 Å². The lowest BCUT2D eigenvalue weighted by Gasteiger charge is -2.05. The summed E-state index contributed by atoms with van der Waals surface area (Å²) < 4.78 is 6.34. The summed E-state index contributed by atoms with van der Waals surface area (Å²) in [6.07, 6.45) is 0.939. The Balaban J connectivity index is 2.16. The van der Waals surface area contributed by atoms with Gasteiger partial charge in [0.1, 0.15) is 0 Å². The van der Waals surface area contributed by atoms with E-state index in [2.05, 4.69) is 26.2 Å². The monoisotopic (exact) mass is 319 g/mol. The molecule has 0 saturated carbocycles. The Morgan fingerprint density at radius 1 is 1.59 bits per heavy atom. The lowest BCUT2D eigenvalue weighted by molar-refractivity contribution is 0.145. The van der Waals surface area contributed by atoms with E-state index in [9.17, 15) is 0 Å². The van der Waals surface area contributed by atoms with E-state index < -0.39 is 0 Å². The molecule has 0 saturated heterocycles. The van der Waals surface area contributed by atoms with Gasteiger partial charge in [0.15, 0.2) is 5.96 Å². The summed E-state index contributed by atoms with van der Waals surface area (Å²) in [6.45, 7) is 4.93. The largest absolute Gasteiger partial charge is 0.382 e. The number of hydrogen-bond donors (Lipinski definition) is 2. The molecule has 0 fully saturated rings. The average molecular weight is 320 g/mol. The highest BCUT2D eigenvalue weighted by Gasteiger charge is 1.97. The van der Waals surface area contributed by atoms with Crippen LogP contribution >= 0.6 is 27.3 Å². The smallest absolute Gasteiger partial charge is 0.188 e. The first kappa shape index (κ1) is 14.5. The van der Waals surface area contributed by atoms with Crippen LogP contribution in [0.2, 0.25) is 0 Å². The van der Waals surface area contributed by atoms with Crippen LogP contribution in [-0.4, -0.2) is 25.7 Å². The number of ether oxygens (including phenoxy) is 1. The molecule has 0 unspecified atom stereocenters. The Kier molecular flexibility index (Phi) is 7.23. The van der Waals surface area contributed by atoms with Gasteiger partial charge >= 0.3 is 0 Å². The zero-order chi connectivity index (χ0) is 12.5. The van der Waals surface area contributed by atoms with Crippen molar-refractivity contribution in [2.45, 2.75) is 19.9 Å². The third-order valence-corrected chi connectivity index (χ3v) is 3.62. The van der Waals surface area contributed by atoms with Crippen LogP contribution in [0.15, 0.2) is 20.9 Å². The molecule has 17 heavy (non-hydrogen) atoms. The third kappa shape index (κ3) is 6.65. The molecule has 0 atom stereocenters. The zero-order valence-corrected chi connectivity index (χ0v) is 12.3. The van der Waals surface area contributed by atoms with E-state index in [1.54, 1.807) is 11.3 Å². The number of thiophene rings is 1. The quantitative estimate of drug-likeness (QED) is 0.460. The lowest BCUT2D eigenvalue weighted by Crippen LogP contribution is -2.32. The molecule has 0 aliphatic carbocycles. The average Bonchev–Trinajstić information content (AvgIpc) is 2.72. The first-order chi connectivity index (χ1) is 8.22. The van der Waals surface area contributed by atoms with Gasteiger partial charge in [0.25, 0.3) is 0 Å². The van der Waals surface area contributed by atoms with Crippen LogP contribution < -0.4 is 11.1 Å². The number of hydrogen-bond acceptors (Lipinski definition) is 3. The van der Waals surface area contributed by atoms with Crippen molar-refractivity contribution < 1.29 is 4.74 Å². The zero-order valence-electron chi connectivity index (χ0n) is 9.91. The molecular weight excluding hydrogens is 302 g/mol. The molecule has 0 aromatic carbocycles. The van der Waals surface area contributed by atoms with Crippen LogP contribution in [0, 0.1) is 0 Å². The SMILES string of the molecule is CCOCCCNC(N)=NCc1ccc(Br)s1. The number of nitrogens with two attached hydrogens (primary N) is 1. The molecule has 0 radical (unpaired) electrons. The molecule has 0 aliphatic rings. The van der Waals surface area contributed by atoms with E-state index >= 15 is 0 Å². The van der Waals surface area contributed by atoms with Crippen LogP contribution in [0.4, 0.5) is 0 Å². The van der Waals surface area contributed by atoms with E-state index in [1.165, 1.54) is 4.88 Å². The first-order valence-corrected chi connectivity index (χ1v) is 7.19. The van der Waals surface area contributed by atoms with Crippen molar-refractivity contribution in [1.82, 2.24) is 5.32 Å². The first-order valence-electron chi connectivity index (χ1n) is 5.58. The second kappa shape index (κ2) is 8.49. The molecule has 1 aromatic rings. The van der Waals surface area contributed by atoms with Crippen molar-refractivity contribution in [1.29, 1.82) is 0 Å². The predicted octanol–water partition coefficient (Wildman–Crippen LogP) is 2.34. The maximum absolute atomic E-state index is 5.73. The predicted molar refractivity (Wildman–Crippen MR) is 76.5 cm³/mol. The molecule has 1 heterocycles. The minimum atomic E-state index is 0.492. The summed E-state index contributed by atoms with van der Waals surface area (Å²) in [4.78, 5) is 5.45. The van der Waals surface area contributed by atoms with E-state index in [0.717, 1.165) is 30.0 Å². The summed E-state index contributed by atoms with van der Waals surface area (Å²) in [5, 5.41) is 3.06. The fourth-order valence-corrected chi connectivity index (χ4v) is 2.60. The van der Waals surface area contributed by atoms with Crippen molar-refractivity contribution in [2.24, 2.45) is 10.7 Å².